The highest BCUT2D eigenvalue weighted by atomic mass is 16.5. The van der Waals surface area contributed by atoms with Crippen molar-refractivity contribution in [2.45, 2.75) is 13.5 Å². The van der Waals surface area contributed by atoms with Gasteiger partial charge in [-0.15, -0.1) is 0 Å². The van der Waals surface area contributed by atoms with E-state index in [4.69, 9.17) is 19.7 Å². The van der Waals surface area contributed by atoms with E-state index in [-0.39, 0.29) is 5.91 Å². The Labute approximate surface area is 167 Å². The molecule has 0 radical (unpaired) electrons. The Morgan fingerprint density at radius 1 is 1.14 bits per heavy atom. The quantitative estimate of drug-likeness (QED) is 0.678. The molecule has 0 spiro atoms. The zero-order valence-corrected chi connectivity index (χ0v) is 16.1. The second-order valence-electron chi connectivity index (χ2n) is 6.52. The Balaban J connectivity index is 1.74. The molecule has 1 amide bonds. The summed E-state index contributed by atoms with van der Waals surface area (Å²) >= 11 is 0. The van der Waals surface area contributed by atoms with Gasteiger partial charge in [-0.3, -0.25) is 14.8 Å². The number of aryl methyl sites for hydroxylation is 1. The first kappa shape index (κ1) is 18.4. The molecule has 8 heteroatoms. The van der Waals surface area contributed by atoms with Crippen LogP contribution in [0.15, 0.2) is 36.8 Å². The van der Waals surface area contributed by atoms with Gasteiger partial charge in [0.25, 0.3) is 11.8 Å². The number of carbonyl (C=O) groups is 1. The molecule has 1 aliphatic rings. The molecule has 144 valence electrons. The molecule has 0 N–H and O–H groups in total. The molecule has 0 fully saturated rings. The van der Waals surface area contributed by atoms with Crippen LogP contribution in [-0.4, -0.2) is 35.1 Å². The maximum Gasteiger partial charge on any atom is 0.260 e. The molecule has 0 aromatic carbocycles. The Bertz CT molecular complexity index is 1170. The van der Waals surface area contributed by atoms with Crippen molar-refractivity contribution in [1.29, 1.82) is 5.26 Å². The van der Waals surface area contributed by atoms with Gasteiger partial charge in [0.15, 0.2) is 5.75 Å². The molecular weight excluding hydrogens is 370 g/mol. The Hall–Kier alpha value is -3.99. The molecule has 1 aliphatic heterocycles. The predicted molar refractivity (Wildman–Crippen MR) is 105 cm³/mol. The fraction of sp³-hybridized carbons (Fsp3) is 0.190. The Morgan fingerprint density at radius 2 is 1.97 bits per heavy atom. The van der Waals surface area contributed by atoms with Crippen molar-refractivity contribution >= 4 is 11.6 Å². The molecule has 3 aromatic heterocycles. The van der Waals surface area contributed by atoms with Gasteiger partial charge in [0, 0.05) is 18.0 Å². The molecule has 0 saturated heterocycles. The number of fused-ring (bicyclic) bond motifs is 1. The summed E-state index contributed by atoms with van der Waals surface area (Å²) in [5.41, 5.74) is 4.47. The van der Waals surface area contributed by atoms with Crippen molar-refractivity contribution in [2.75, 3.05) is 19.1 Å². The van der Waals surface area contributed by atoms with Crippen LogP contribution < -0.4 is 14.4 Å². The number of anilines is 1. The molecule has 29 heavy (non-hydrogen) atoms. The number of carbonyl (C=O) groups excluding carboxylic acids is 1. The first-order valence-corrected chi connectivity index (χ1v) is 8.81. The van der Waals surface area contributed by atoms with Gasteiger partial charge in [-0.2, -0.15) is 5.26 Å². The number of pyridine rings is 3. The summed E-state index contributed by atoms with van der Waals surface area (Å²) in [4.78, 5) is 27.6. The van der Waals surface area contributed by atoms with E-state index in [9.17, 15) is 4.79 Å². The normalized spacial score (nSPS) is 12.5. The summed E-state index contributed by atoms with van der Waals surface area (Å²) in [6.45, 7) is 2.18. The molecule has 0 bridgehead atoms. The van der Waals surface area contributed by atoms with Crippen LogP contribution in [0.4, 0.5) is 5.69 Å². The average molecular weight is 387 g/mol. The fourth-order valence-electron chi connectivity index (χ4n) is 3.37. The van der Waals surface area contributed by atoms with Crippen LogP contribution >= 0.6 is 0 Å². The smallest absolute Gasteiger partial charge is 0.260 e. The number of hydrogen-bond acceptors (Lipinski definition) is 7. The number of methoxy groups -OCH3 is 2. The van der Waals surface area contributed by atoms with Gasteiger partial charge in [0.05, 0.1) is 55.2 Å². The minimum absolute atomic E-state index is 0.154. The summed E-state index contributed by atoms with van der Waals surface area (Å²) in [7, 11) is 3.07. The van der Waals surface area contributed by atoms with E-state index < -0.39 is 0 Å². The highest BCUT2D eigenvalue weighted by molar-refractivity contribution is 6.10. The lowest BCUT2D eigenvalue weighted by atomic mass is 10.0. The lowest BCUT2D eigenvalue weighted by Gasteiger charge is -2.14. The monoisotopic (exact) mass is 387 g/mol. The van der Waals surface area contributed by atoms with Gasteiger partial charge in [-0.05, 0) is 30.7 Å². The number of amides is 1. The van der Waals surface area contributed by atoms with Crippen LogP contribution in [0, 0.1) is 18.3 Å². The lowest BCUT2D eigenvalue weighted by Crippen LogP contribution is -2.23. The summed E-state index contributed by atoms with van der Waals surface area (Å²) in [6.07, 6.45) is 4.69. The highest BCUT2D eigenvalue weighted by Crippen LogP contribution is 2.34. The van der Waals surface area contributed by atoms with E-state index in [2.05, 4.69) is 9.97 Å². The second kappa shape index (κ2) is 7.20. The van der Waals surface area contributed by atoms with Gasteiger partial charge in [-0.25, -0.2) is 4.98 Å². The summed E-state index contributed by atoms with van der Waals surface area (Å²) < 4.78 is 10.5. The number of rotatable bonds is 4. The standard InChI is InChI=1S/C21H17N5O3/c1-12-4-16(14-6-18(28-2)20(29-3)24-9-14)25-17-11-26(21(27)19(12)17)15-5-13(7-22)8-23-10-15/h4-6,8-10H,11H2,1-3H3. The first-order chi connectivity index (χ1) is 14.0. The van der Waals surface area contributed by atoms with Crippen molar-refractivity contribution < 1.29 is 14.3 Å². The van der Waals surface area contributed by atoms with Crippen LogP contribution in [0.5, 0.6) is 11.6 Å². The fourth-order valence-corrected chi connectivity index (χ4v) is 3.37. The minimum atomic E-state index is -0.154. The largest absolute Gasteiger partial charge is 0.491 e. The summed E-state index contributed by atoms with van der Waals surface area (Å²) in [5, 5.41) is 9.10. The van der Waals surface area contributed by atoms with Crippen molar-refractivity contribution in [3.8, 4) is 29.0 Å². The van der Waals surface area contributed by atoms with Gasteiger partial charge < -0.3 is 14.4 Å². The third kappa shape index (κ3) is 3.12. The van der Waals surface area contributed by atoms with Crippen molar-refractivity contribution in [1.82, 2.24) is 15.0 Å². The molecule has 3 aromatic rings. The third-order valence-corrected chi connectivity index (χ3v) is 4.75. The van der Waals surface area contributed by atoms with Gasteiger partial charge in [-0.1, -0.05) is 0 Å². The van der Waals surface area contributed by atoms with Gasteiger partial charge in [0.2, 0.25) is 0 Å². The van der Waals surface area contributed by atoms with Crippen LogP contribution in [0.2, 0.25) is 0 Å². The molecule has 0 atom stereocenters. The van der Waals surface area contributed by atoms with E-state index in [0.29, 0.717) is 46.4 Å². The van der Waals surface area contributed by atoms with Crippen molar-refractivity contribution in [2.24, 2.45) is 0 Å². The molecule has 8 nitrogen and oxygen atoms in total. The summed E-state index contributed by atoms with van der Waals surface area (Å²) in [6, 6.07) is 7.34. The molecular formula is C21H17N5O3. The topological polar surface area (TPSA) is 101 Å². The SMILES string of the molecule is COc1cc(-c2cc(C)c3c(n2)CN(c2cncc(C#N)c2)C3=O)cnc1OC. The Kier molecular flexibility index (Phi) is 4.56. The first-order valence-electron chi connectivity index (χ1n) is 8.81. The molecule has 0 aliphatic carbocycles. The molecule has 4 rings (SSSR count). The van der Waals surface area contributed by atoms with Crippen LogP contribution in [-0.2, 0) is 6.54 Å². The predicted octanol–water partition coefficient (Wildman–Crippen LogP) is 2.90. The number of ether oxygens (including phenoxy) is 2. The van der Waals surface area contributed by atoms with Crippen LogP contribution in [0.3, 0.4) is 0 Å². The third-order valence-electron chi connectivity index (χ3n) is 4.75. The van der Waals surface area contributed by atoms with Crippen molar-refractivity contribution in [3.63, 3.8) is 0 Å². The lowest BCUT2D eigenvalue weighted by molar-refractivity contribution is 0.0996. The van der Waals surface area contributed by atoms with Gasteiger partial charge >= 0.3 is 0 Å². The maximum absolute atomic E-state index is 13.0. The van der Waals surface area contributed by atoms with Gasteiger partial charge in [0.1, 0.15) is 6.07 Å². The molecule has 0 unspecified atom stereocenters. The van der Waals surface area contributed by atoms with Crippen LogP contribution in [0.25, 0.3) is 11.3 Å². The maximum atomic E-state index is 13.0. The average Bonchev–Trinajstić information content (AvgIpc) is 3.10. The van der Waals surface area contributed by atoms with Crippen LogP contribution in [0.1, 0.15) is 27.2 Å². The minimum Gasteiger partial charge on any atom is -0.491 e. The second-order valence-corrected chi connectivity index (χ2v) is 6.52. The van der Waals surface area contributed by atoms with E-state index in [1.807, 2.05) is 19.1 Å². The van der Waals surface area contributed by atoms with E-state index in [1.54, 1.807) is 36.5 Å². The van der Waals surface area contributed by atoms with E-state index in [1.165, 1.54) is 13.3 Å². The molecule has 4 heterocycles. The van der Waals surface area contributed by atoms with E-state index in [0.717, 1.165) is 11.1 Å². The van der Waals surface area contributed by atoms with E-state index >= 15 is 0 Å². The number of nitriles is 1. The Morgan fingerprint density at radius 3 is 2.69 bits per heavy atom. The van der Waals surface area contributed by atoms with Crippen molar-refractivity contribution in [3.05, 3.63) is 59.2 Å². The highest BCUT2D eigenvalue weighted by Gasteiger charge is 2.32. The zero-order valence-electron chi connectivity index (χ0n) is 16.1. The number of nitrogens with zero attached hydrogens (tertiary/aromatic N) is 5. The number of hydrogen-bond donors (Lipinski definition) is 0. The summed E-state index contributed by atoms with van der Waals surface area (Å²) in [5.74, 6) is 0.737. The number of aromatic nitrogens is 3. The molecule has 0 saturated carbocycles. The zero-order chi connectivity index (χ0) is 20.5.